The van der Waals surface area contributed by atoms with Gasteiger partial charge in [0.05, 0.1) is 6.07 Å². The molecule has 17 heavy (non-hydrogen) atoms. The second-order valence-corrected chi connectivity index (χ2v) is 4.01. The summed E-state index contributed by atoms with van der Waals surface area (Å²) in [7, 11) is 0. The number of hydrogen-bond acceptors (Lipinski definition) is 2. The number of nitrogens with one attached hydrogen (secondary N) is 1. The van der Waals surface area contributed by atoms with Gasteiger partial charge in [-0.05, 0) is 30.5 Å². The standard InChI is InChI=1S/C14H18N2O/c1-3-5-11-6-8-12(9-7-11)14(17)16-13(4-2)10-15/h6-9,13H,3-5H2,1-2H3,(H,16,17)/t13-/m1/s1. The molecule has 0 radical (unpaired) electrons. The third kappa shape index (κ3) is 3.92. The second-order valence-electron chi connectivity index (χ2n) is 4.01. The number of benzene rings is 1. The lowest BCUT2D eigenvalue weighted by Crippen LogP contribution is -2.33. The van der Waals surface area contributed by atoms with Crippen molar-refractivity contribution in [3.05, 3.63) is 35.4 Å². The molecule has 0 unspecified atom stereocenters. The van der Waals surface area contributed by atoms with Gasteiger partial charge in [-0.1, -0.05) is 32.4 Å². The van der Waals surface area contributed by atoms with E-state index in [1.165, 1.54) is 5.56 Å². The van der Waals surface area contributed by atoms with E-state index in [-0.39, 0.29) is 5.91 Å². The molecule has 0 fully saturated rings. The maximum absolute atomic E-state index is 11.8. The summed E-state index contributed by atoms with van der Waals surface area (Å²) in [6.45, 7) is 4.00. The first-order chi connectivity index (χ1) is 8.21. The SMILES string of the molecule is CCCc1ccc(C(=O)N[C@@H](C#N)CC)cc1. The van der Waals surface area contributed by atoms with Gasteiger partial charge in [-0.2, -0.15) is 5.26 Å². The van der Waals surface area contributed by atoms with Crippen LogP contribution in [0, 0.1) is 11.3 Å². The van der Waals surface area contributed by atoms with Gasteiger partial charge in [-0.25, -0.2) is 0 Å². The number of nitrogens with zero attached hydrogens (tertiary/aromatic N) is 1. The molecule has 0 heterocycles. The van der Waals surface area contributed by atoms with Crippen LogP contribution in [-0.4, -0.2) is 11.9 Å². The molecule has 90 valence electrons. The first-order valence-corrected chi connectivity index (χ1v) is 6.00. The molecular formula is C14H18N2O. The molecular weight excluding hydrogens is 212 g/mol. The quantitative estimate of drug-likeness (QED) is 0.845. The first-order valence-electron chi connectivity index (χ1n) is 6.00. The van der Waals surface area contributed by atoms with Gasteiger partial charge in [-0.15, -0.1) is 0 Å². The monoisotopic (exact) mass is 230 g/mol. The molecule has 1 N–H and O–H groups in total. The van der Waals surface area contributed by atoms with E-state index in [1.807, 2.05) is 31.2 Å². The highest BCUT2D eigenvalue weighted by Crippen LogP contribution is 2.07. The van der Waals surface area contributed by atoms with Crippen molar-refractivity contribution >= 4 is 5.91 Å². The van der Waals surface area contributed by atoms with E-state index in [4.69, 9.17) is 5.26 Å². The Morgan fingerprint density at radius 1 is 1.35 bits per heavy atom. The van der Waals surface area contributed by atoms with E-state index in [0.717, 1.165) is 12.8 Å². The Balaban J connectivity index is 2.67. The fraction of sp³-hybridized carbons (Fsp3) is 0.429. The predicted molar refractivity (Wildman–Crippen MR) is 67.6 cm³/mol. The van der Waals surface area contributed by atoms with E-state index in [2.05, 4.69) is 18.3 Å². The van der Waals surface area contributed by atoms with Crippen molar-refractivity contribution in [2.75, 3.05) is 0 Å². The van der Waals surface area contributed by atoms with Crippen molar-refractivity contribution in [2.45, 2.75) is 39.2 Å². The molecule has 1 amide bonds. The van der Waals surface area contributed by atoms with Crippen LogP contribution in [0.1, 0.15) is 42.6 Å². The fourth-order valence-electron chi connectivity index (χ4n) is 1.58. The number of hydrogen-bond donors (Lipinski definition) is 1. The third-order valence-corrected chi connectivity index (χ3v) is 2.62. The summed E-state index contributed by atoms with van der Waals surface area (Å²) >= 11 is 0. The molecule has 0 bridgehead atoms. The largest absolute Gasteiger partial charge is 0.336 e. The molecule has 0 aliphatic rings. The summed E-state index contributed by atoms with van der Waals surface area (Å²) in [4.78, 5) is 11.8. The Hall–Kier alpha value is -1.82. The zero-order chi connectivity index (χ0) is 12.7. The van der Waals surface area contributed by atoms with E-state index in [9.17, 15) is 4.79 Å². The lowest BCUT2D eigenvalue weighted by Gasteiger charge is -2.09. The molecule has 3 heteroatoms. The average Bonchev–Trinajstić information content (AvgIpc) is 2.37. The normalized spacial score (nSPS) is 11.6. The Labute approximate surface area is 102 Å². The van der Waals surface area contributed by atoms with Gasteiger partial charge >= 0.3 is 0 Å². The van der Waals surface area contributed by atoms with Crippen LogP contribution in [0.2, 0.25) is 0 Å². The van der Waals surface area contributed by atoms with Crippen LogP contribution in [0.3, 0.4) is 0 Å². The summed E-state index contributed by atoms with van der Waals surface area (Å²) in [6, 6.07) is 9.20. The summed E-state index contributed by atoms with van der Waals surface area (Å²) < 4.78 is 0. The summed E-state index contributed by atoms with van der Waals surface area (Å²) in [5, 5.41) is 11.5. The van der Waals surface area contributed by atoms with Crippen molar-refractivity contribution in [1.29, 1.82) is 5.26 Å². The van der Waals surface area contributed by atoms with E-state index < -0.39 is 6.04 Å². The van der Waals surface area contributed by atoms with Crippen molar-refractivity contribution in [1.82, 2.24) is 5.32 Å². The van der Waals surface area contributed by atoms with E-state index in [0.29, 0.717) is 12.0 Å². The van der Waals surface area contributed by atoms with E-state index in [1.54, 1.807) is 0 Å². The average molecular weight is 230 g/mol. The minimum absolute atomic E-state index is 0.179. The van der Waals surface area contributed by atoms with Crippen molar-refractivity contribution < 1.29 is 4.79 Å². The highest BCUT2D eigenvalue weighted by Gasteiger charge is 2.10. The topological polar surface area (TPSA) is 52.9 Å². The molecule has 0 aliphatic heterocycles. The number of amides is 1. The highest BCUT2D eigenvalue weighted by molar-refractivity contribution is 5.94. The number of carbonyl (C=O) groups excluding carboxylic acids is 1. The number of aryl methyl sites for hydroxylation is 1. The molecule has 3 nitrogen and oxygen atoms in total. The van der Waals surface area contributed by atoms with Crippen molar-refractivity contribution in [3.8, 4) is 6.07 Å². The summed E-state index contributed by atoms with van der Waals surface area (Å²) in [5.41, 5.74) is 1.84. The Morgan fingerprint density at radius 2 is 2.00 bits per heavy atom. The van der Waals surface area contributed by atoms with Crippen LogP contribution in [0.15, 0.2) is 24.3 Å². The molecule has 1 rings (SSSR count). The van der Waals surface area contributed by atoms with E-state index >= 15 is 0 Å². The van der Waals surface area contributed by atoms with Gasteiger partial charge in [0.25, 0.3) is 5.91 Å². The smallest absolute Gasteiger partial charge is 0.252 e. The first kappa shape index (κ1) is 13.2. The van der Waals surface area contributed by atoms with Crippen LogP contribution in [0.25, 0.3) is 0 Å². The van der Waals surface area contributed by atoms with Gasteiger partial charge in [0, 0.05) is 5.56 Å². The second kappa shape index (κ2) is 6.70. The molecule has 0 saturated carbocycles. The zero-order valence-electron chi connectivity index (χ0n) is 10.4. The minimum atomic E-state index is -0.405. The Morgan fingerprint density at radius 3 is 2.47 bits per heavy atom. The van der Waals surface area contributed by atoms with Crippen molar-refractivity contribution in [2.24, 2.45) is 0 Å². The molecule has 0 spiro atoms. The Bertz CT molecular complexity index is 403. The molecule has 1 atom stereocenters. The summed E-state index contributed by atoms with van der Waals surface area (Å²) in [6.07, 6.45) is 2.74. The fourth-order valence-corrected chi connectivity index (χ4v) is 1.58. The van der Waals surface area contributed by atoms with Gasteiger partial charge in [-0.3, -0.25) is 4.79 Å². The van der Waals surface area contributed by atoms with Gasteiger partial charge < -0.3 is 5.32 Å². The molecule has 1 aromatic rings. The van der Waals surface area contributed by atoms with Crippen LogP contribution >= 0.6 is 0 Å². The number of carbonyl (C=O) groups is 1. The maximum atomic E-state index is 11.8. The molecule has 0 aliphatic carbocycles. The van der Waals surface area contributed by atoms with Crippen LogP contribution < -0.4 is 5.32 Å². The van der Waals surface area contributed by atoms with Crippen molar-refractivity contribution in [3.63, 3.8) is 0 Å². The third-order valence-electron chi connectivity index (χ3n) is 2.62. The minimum Gasteiger partial charge on any atom is -0.336 e. The number of rotatable bonds is 5. The maximum Gasteiger partial charge on any atom is 0.252 e. The van der Waals surface area contributed by atoms with Gasteiger partial charge in [0.2, 0.25) is 0 Å². The molecule has 0 saturated heterocycles. The molecule has 1 aromatic carbocycles. The van der Waals surface area contributed by atoms with Crippen LogP contribution in [-0.2, 0) is 6.42 Å². The van der Waals surface area contributed by atoms with Crippen LogP contribution in [0.4, 0.5) is 0 Å². The lowest BCUT2D eigenvalue weighted by molar-refractivity contribution is 0.0944. The molecule has 0 aromatic heterocycles. The lowest BCUT2D eigenvalue weighted by atomic mass is 10.1. The zero-order valence-corrected chi connectivity index (χ0v) is 10.4. The predicted octanol–water partition coefficient (Wildman–Crippen LogP) is 2.67. The van der Waals surface area contributed by atoms with Gasteiger partial charge in [0.15, 0.2) is 0 Å². The Kier molecular flexibility index (Phi) is 5.22. The number of nitriles is 1. The van der Waals surface area contributed by atoms with Crippen LogP contribution in [0.5, 0.6) is 0 Å². The van der Waals surface area contributed by atoms with Gasteiger partial charge in [0.1, 0.15) is 6.04 Å². The highest BCUT2D eigenvalue weighted by atomic mass is 16.1. The summed E-state index contributed by atoms with van der Waals surface area (Å²) in [5.74, 6) is -0.179.